The second-order valence-electron chi connectivity index (χ2n) is 4.88. The molecular weight excluding hydrogens is 204 g/mol. The lowest BCUT2D eigenvalue weighted by Gasteiger charge is -2.29. The lowest BCUT2D eigenvalue weighted by Crippen LogP contribution is -2.35. The Morgan fingerprint density at radius 3 is 2.69 bits per heavy atom. The maximum absolute atomic E-state index is 12.1. The number of aromatic amines is 1. The summed E-state index contributed by atoms with van der Waals surface area (Å²) >= 11 is 0. The zero-order chi connectivity index (χ0) is 11.1. The van der Waals surface area contributed by atoms with Crippen LogP contribution in [0.5, 0.6) is 0 Å². The summed E-state index contributed by atoms with van der Waals surface area (Å²) in [6.45, 7) is 3.70. The normalized spacial score (nSPS) is 22.6. The van der Waals surface area contributed by atoms with Crippen molar-refractivity contribution in [2.75, 3.05) is 20.1 Å². The van der Waals surface area contributed by atoms with Crippen molar-refractivity contribution >= 4 is 0 Å². The molecule has 1 fully saturated rings. The zero-order valence-electron chi connectivity index (χ0n) is 9.62. The summed E-state index contributed by atoms with van der Waals surface area (Å²) in [6.07, 6.45) is 2.15. The lowest BCUT2D eigenvalue weighted by atomic mass is 10.1. The average Bonchev–Trinajstić information content (AvgIpc) is 2.84. The largest absolute Gasteiger partial charge is 0.307 e. The smallest absolute Gasteiger partial charge is 0.271 e. The van der Waals surface area contributed by atoms with Crippen molar-refractivity contribution in [3.63, 3.8) is 0 Å². The van der Waals surface area contributed by atoms with E-state index < -0.39 is 0 Å². The summed E-state index contributed by atoms with van der Waals surface area (Å²) in [5, 5.41) is 6.46. The molecule has 0 saturated carbocycles. The van der Waals surface area contributed by atoms with Gasteiger partial charge in [-0.2, -0.15) is 0 Å². The van der Waals surface area contributed by atoms with E-state index in [1.165, 1.54) is 0 Å². The minimum absolute atomic E-state index is 0.189. The minimum atomic E-state index is 0.189. The molecule has 1 aromatic heterocycles. The second-order valence-corrected chi connectivity index (χ2v) is 4.88. The number of hydrogen-bond donors (Lipinski definition) is 2. The monoisotopic (exact) mass is 222 g/mol. The van der Waals surface area contributed by atoms with Crippen molar-refractivity contribution in [1.82, 2.24) is 20.0 Å². The van der Waals surface area contributed by atoms with Gasteiger partial charge in [0.2, 0.25) is 0 Å². The molecule has 3 rings (SSSR count). The predicted octanol–water partition coefficient (Wildman–Crippen LogP) is 0.0463. The fourth-order valence-electron chi connectivity index (χ4n) is 2.69. The summed E-state index contributed by atoms with van der Waals surface area (Å²) in [5.41, 5.74) is 2.22. The van der Waals surface area contributed by atoms with Crippen LogP contribution in [0.3, 0.4) is 0 Å². The minimum Gasteiger partial charge on any atom is -0.307 e. The van der Waals surface area contributed by atoms with Gasteiger partial charge in [0.25, 0.3) is 5.56 Å². The van der Waals surface area contributed by atoms with E-state index in [1.807, 2.05) is 4.68 Å². The van der Waals surface area contributed by atoms with E-state index >= 15 is 0 Å². The van der Waals surface area contributed by atoms with Crippen LogP contribution in [-0.4, -0.2) is 34.8 Å². The molecule has 88 valence electrons. The molecule has 2 aliphatic heterocycles. The van der Waals surface area contributed by atoms with Crippen molar-refractivity contribution in [1.29, 1.82) is 0 Å². The Morgan fingerprint density at radius 1 is 1.25 bits per heavy atom. The summed E-state index contributed by atoms with van der Waals surface area (Å²) in [7, 11) is 2.14. The van der Waals surface area contributed by atoms with Gasteiger partial charge in [0.05, 0.1) is 17.3 Å². The first kappa shape index (κ1) is 10.1. The molecule has 0 amide bonds. The first-order valence-corrected chi connectivity index (χ1v) is 5.97. The molecule has 0 aliphatic carbocycles. The number of nitrogens with zero attached hydrogens (tertiary/aromatic N) is 2. The quantitative estimate of drug-likeness (QED) is 0.706. The van der Waals surface area contributed by atoms with Crippen LogP contribution in [0.15, 0.2) is 4.79 Å². The van der Waals surface area contributed by atoms with Crippen molar-refractivity contribution in [3.8, 4) is 0 Å². The van der Waals surface area contributed by atoms with Crippen LogP contribution in [0.4, 0.5) is 0 Å². The van der Waals surface area contributed by atoms with Crippen LogP contribution in [0.25, 0.3) is 0 Å². The van der Waals surface area contributed by atoms with Gasteiger partial charge in [0.1, 0.15) is 0 Å². The Balaban J connectivity index is 1.87. The van der Waals surface area contributed by atoms with Crippen molar-refractivity contribution < 1.29 is 0 Å². The van der Waals surface area contributed by atoms with Crippen LogP contribution in [0, 0.1) is 0 Å². The standard InChI is InChI=1S/C11H18N4O/c1-14-4-2-8(3-5-14)15-11(16)9-6-12-7-10(9)13-15/h8,12-13H,2-7H2,1H3. The molecule has 5 heteroatoms. The Labute approximate surface area is 94.4 Å². The number of hydrogen-bond acceptors (Lipinski definition) is 3. The summed E-state index contributed by atoms with van der Waals surface area (Å²) in [6, 6.07) is 0.370. The molecule has 0 bridgehead atoms. The molecule has 2 N–H and O–H groups in total. The zero-order valence-corrected chi connectivity index (χ0v) is 9.62. The summed E-state index contributed by atoms with van der Waals surface area (Å²) in [5.74, 6) is 0. The number of likely N-dealkylation sites (tertiary alicyclic amines) is 1. The molecule has 0 spiro atoms. The highest BCUT2D eigenvalue weighted by Crippen LogP contribution is 2.21. The number of rotatable bonds is 1. The number of aromatic nitrogens is 2. The van der Waals surface area contributed by atoms with E-state index in [-0.39, 0.29) is 5.56 Å². The Hall–Kier alpha value is -1.07. The fourth-order valence-corrected chi connectivity index (χ4v) is 2.69. The van der Waals surface area contributed by atoms with Crippen LogP contribution in [0.2, 0.25) is 0 Å². The predicted molar refractivity (Wildman–Crippen MR) is 61.4 cm³/mol. The topological polar surface area (TPSA) is 53.1 Å². The van der Waals surface area contributed by atoms with Crippen LogP contribution in [0.1, 0.15) is 30.1 Å². The fraction of sp³-hybridized carbons (Fsp3) is 0.727. The highest BCUT2D eigenvalue weighted by molar-refractivity contribution is 5.21. The Morgan fingerprint density at radius 2 is 2.00 bits per heavy atom. The Bertz CT molecular complexity index is 439. The Kier molecular flexibility index (Phi) is 2.37. The number of H-pyrrole nitrogens is 1. The first-order valence-electron chi connectivity index (χ1n) is 5.97. The summed E-state index contributed by atoms with van der Waals surface area (Å²) in [4.78, 5) is 14.4. The van der Waals surface area contributed by atoms with Crippen LogP contribution >= 0.6 is 0 Å². The van der Waals surface area contributed by atoms with Gasteiger partial charge in [-0.05, 0) is 33.0 Å². The van der Waals surface area contributed by atoms with E-state index in [1.54, 1.807) is 0 Å². The van der Waals surface area contributed by atoms with Crippen LogP contribution in [-0.2, 0) is 13.1 Å². The van der Waals surface area contributed by atoms with E-state index in [4.69, 9.17) is 0 Å². The number of piperidine rings is 1. The molecule has 0 aromatic carbocycles. The third-order valence-corrected chi connectivity index (χ3v) is 3.75. The highest BCUT2D eigenvalue weighted by Gasteiger charge is 2.25. The number of nitrogens with one attached hydrogen (secondary N) is 2. The summed E-state index contributed by atoms with van der Waals surface area (Å²) < 4.78 is 1.86. The number of fused-ring (bicyclic) bond motifs is 1. The third kappa shape index (κ3) is 1.51. The van der Waals surface area contributed by atoms with Gasteiger partial charge in [0, 0.05) is 13.1 Å². The molecule has 1 saturated heterocycles. The highest BCUT2D eigenvalue weighted by atomic mass is 16.1. The van der Waals surface area contributed by atoms with Gasteiger partial charge in [-0.25, -0.2) is 4.68 Å². The molecule has 2 aliphatic rings. The van der Waals surface area contributed by atoms with E-state index in [2.05, 4.69) is 22.4 Å². The van der Waals surface area contributed by atoms with E-state index in [0.717, 1.165) is 50.3 Å². The molecule has 5 nitrogen and oxygen atoms in total. The molecular formula is C11H18N4O. The van der Waals surface area contributed by atoms with E-state index in [9.17, 15) is 4.79 Å². The van der Waals surface area contributed by atoms with Gasteiger partial charge >= 0.3 is 0 Å². The SMILES string of the molecule is CN1CCC(n2[nH]c3c(c2=O)CNC3)CC1. The lowest BCUT2D eigenvalue weighted by molar-refractivity contribution is 0.209. The molecule has 16 heavy (non-hydrogen) atoms. The first-order chi connectivity index (χ1) is 7.75. The van der Waals surface area contributed by atoms with Gasteiger partial charge in [-0.3, -0.25) is 9.89 Å². The maximum Gasteiger partial charge on any atom is 0.271 e. The molecule has 0 unspecified atom stereocenters. The second kappa shape index (κ2) is 3.75. The molecule has 0 radical (unpaired) electrons. The van der Waals surface area contributed by atoms with Gasteiger partial charge in [0.15, 0.2) is 0 Å². The maximum atomic E-state index is 12.1. The van der Waals surface area contributed by atoms with Crippen molar-refractivity contribution in [3.05, 3.63) is 21.6 Å². The molecule has 1 aromatic rings. The van der Waals surface area contributed by atoms with Crippen molar-refractivity contribution in [2.45, 2.75) is 32.0 Å². The van der Waals surface area contributed by atoms with Crippen LogP contribution < -0.4 is 10.9 Å². The van der Waals surface area contributed by atoms with E-state index in [0.29, 0.717) is 6.04 Å². The molecule has 3 heterocycles. The van der Waals surface area contributed by atoms with Gasteiger partial charge in [-0.1, -0.05) is 0 Å². The third-order valence-electron chi connectivity index (χ3n) is 3.75. The van der Waals surface area contributed by atoms with Crippen molar-refractivity contribution in [2.24, 2.45) is 0 Å². The average molecular weight is 222 g/mol. The molecule has 0 atom stereocenters. The van der Waals surface area contributed by atoms with Gasteiger partial charge in [-0.15, -0.1) is 0 Å². The van der Waals surface area contributed by atoms with Gasteiger partial charge < -0.3 is 10.2 Å².